The summed E-state index contributed by atoms with van der Waals surface area (Å²) in [5.41, 5.74) is 1.50. The van der Waals surface area contributed by atoms with Crippen molar-refractivity contribution in [3.63, 3.8) is 0 Å². The topological polar surface area (TPSA) is 41.8 Å². The summed E-state index contributed by atoms with van der Waals surface area (Å²) in [5, 5.41) is 9.84. The summed E-state index contributed by atoms with van der Waals surface area (Å²) in [7, 11) is 11.5. The number of aryl methyl sites for hydroxylation is 1. The Balaban J connectivity index is 0.000000982. The maximum absolute atomic E-state index is 9.84. The number of phenolic OH excluding ortho intramolecular Hbond substituents is 1. The Morgan fingerprint density at radius 2 is 2.00 bits per heavy atom. The summed E-state index contributed by atoms with van der Waals surface area (Å²) in [4.78, 5) is 4.28. The number of hydrogen-bond donors (Lipinski definition) is 1. The Labute approximate surface area is 133 Å². The van der Waals surface area contributed by atoms with E-state index in [2.05, 4.69) is 18.8 Å². The number of nitrogens with zero attached hydrogens (tertiary/aromatic N) is 1. The van der Waals surface area contributed by atoms with E-state index in [1.54, 1.807) is 25.5 Å². The maximum atomic E-state index is 9.84. The van der Waals surface area contributed by atoms with Crippen molar-refractivity contribution in [3.8, 4) is 11.5 Å². The molecule has 0 aliphatic rings. The molecule has 0 bridgehead atoms. The Morgan fingerprint density at radius 3 is 2.47 bits per heavy atom. The van der Waals surface area contributed by atoms with E-state index < -0.39 is 20.8 Å². The van der Waals surface area contributed by atoms with Gasteiger partial charge in [0.2, 0.25) is 0 Å². The molecule has 0 radical (unpaired) electrons. The van der Waals surface area contributed by atoms with Crippen LogP contribution in [0.5, 0.6) is 11.5 Å². The summed E-state index contributed by atoms with van der Waals surface area (Å²) in [6.45, 7) is 6.81. The Hall–Kier alpha value is -0.0469. The van der Waals surface area contributed by atoms with E-state index in [-0.39, 0.29) is 5.75 Å². The molecular weight excluding hydrogens is 364 g/mol. The second-order valence-corrected chi connectivity index (χ2v) is 8.07. The second-order valence-electron chi connectivity index (χ2n) is 4.34. The van der Waals surface area contributed by atoms with Gasteiger partial charge in [-0.1, -0.05) is 13.8 Å². The fraction of sp³-hybridized carbons (Fsp3) is 0.462. The molecule has 19 heavy (non-hydrogen) atoms. The molecule has 0 aliphatic carbocycles. The number of rotatable bonds is 4. The normalized spacial score (nSPS) is 10.3. The first-order valence-electron chi connectivity index (χ1n) is 5.79. The number of phenols is 1. The van der Waals surface area contributed by atoms with Gasteiger partial charge in [-0.25, -0.2) is 0 Å². The van der Waals surface area contributed by atoms with E-state index in [9.17, 15) is 5.11 Å². The average Bonchev–Trinajstić information content (AvgIpc) is 2.34. The van der Waals surface area contributed by atoms with Crippen LogP contribution in [-0.2, 0) is 20.8 Å². The van der Waals surface area contributed by atoms with Crippen LogP contribution in [0.25, 0.3) is 0 Å². The molecule has 0 amide bonds. The first-order chi connectivity index (χ1) is 8.96. The predicted molar refractivity (Wildman–Crippen MR) is 78.4 cm³/mol. The average molecular weight is 383 g/mol. The molecule has 0 fully saturated rings. The van der Waals surface area contributed by atoms with E-state index in [0.29, 0.717) is 11.5 Å². The van der Waals surface area contributed by atoms with Gasteiger partial charge in [0, 0.05) is 18.3 Å². The van der Waals surface area contributed by atoms with Crippen LogP contribution in [0, 0.1) is 12.8 Å². The van der Waals surface area contributed by atoms with Crippen LogP contribution in [-0.4, -0.2) is 25.0 Å². The van der Waals surface area contributed by atoms with Crippen molar-refractivity contribution in [2.45, 2.75) is 20.8 Å². The van der Waals surface area contributed by atoms with E-state index in [1.807, 2.05) is 6.92 Å². The van der Waals surface area contributed by atoms with Gasteiger partial charge in [-0.05, 0) is 30.5 Å². The monoisotopic (exact) mass is 381 g/mol. The Kier molecular flexibility index (Phi) is 10.7. The van der Waals surface area contributed by atoms with Crippen molar-refractivity contribution in [2.24, 2.45) is 10.9 Å². The third-order valence-corrected chi connectivity index (χ3v) is 2.24. The second kappa shape index (κ2) is 10.7. The molecular formula is C13H19Cl2NO2Zr. The summed E-state index contributed by atoms with van der Waals surface area (Å²) in [5.74, 6) is 1.53. The molecule has 0 unspecified atom stereocenters. The molecule has 106 valence electrons. The van der Waals surface area contributed by atoms with Crippen molar-refractivity contribution in [1.82, 2.24) is 0 Å². The predicted octanol–water partition coefficient (Wildman–Crippen LogP) is 4.16. The number of ether oxygens (including phenoxy) is 1. The molecule has 0 atom stereocenters. The van der Waals surface area contributed by atoms with Crippen molar-refractivity contribution < 1.29 is 30.7 Å². The van der Waals surface area contributed by atoms with Crippen molar-refractivity contribution >= 4 is 23.2 Å². The first kappa shape index (κ1) is 19.0. The molecule has 3 nitrogen and oxygen atoms in total. The van der Waals surface area contributed by atoms with Gasteiger partial charge in [0.1, 0.15) is 11.5 Å². The van der Waals surface area contributed by atoms with Gasteiger partial charge in [0.05, 0.1) is 7.11 Å². The zero-order valence-corrected chi connectivity index (χ0v) is 15.5. The molecule has 1 N–H and O–H groups in total. The van der Waals surface area contributed by atoms with Gasteiger partial charge < -0.3 is 9.84 Å². The molecule has 0 saturated heterocycles. The molecule has 0 spiro atoms. The summed E-state index contributed by atoms with van der Waals surface area (Å²) in [6, 6.07) is 3.58. The van der Waals surface area contributed by atoms with Crippen LogP contribution in [0.15, 0.2) is 17.1 Å². The number of hydrogen-bond acceptors (Lipinski definition) is 3. The molecule has 0 heterocycles. The van der Waals surface area contributed by atoms with Gasteiger partial charge >= 0.3 is 37.9 Å². The molecule has 0 aliphatic heterocycles. The Bertz CT molecular complexity index is 412. The van der Waals surface area contributed by atoms with Crippen LogP contribution >= 0.6 is 17.0 Å². The van der Waals surface area contributed by atoms with Crippen LogP contribution < -0.4 is 4.74 Å². The van der Waals surface area contributed by atoms with Crippen LogP contribution in [0.1, 0.15) is 25.0 Å². The quantitative estimate of drug-likeness (QED) is 0.794. The van der Waals surface area contributed by atoms with Crippen LogP contribution in [0.4, 0.5) is 0 Å². The van der Waals surface area contributed by atoms with Crippen LogP contribution in [0.2, 0.25) is 0 Å². The molecule has 1 rings (SSSR count). The third-order valence-electron chi connectivity index (χ3n) is 2.24. The van der Waals surface area contributed by atoms with Crippen molar-refractivity contribution in [1.29, 1.82) is 0 Å². The minimum atomic E-state index is -0.826. The number of methoxy groups -OCH3 is 1. The fourth-order valence-corrected chi connectivity index (χ4v) is 1.35. The summed E-state index contributed by atoms with van der Waals surface area (Å²) in [6.07, 6.45) is 1.70. The summed E-state index contributed by atoms with van der Waals surface area (Å²) < 4.78 is 5.15. The number of benzene rings is 1. The molecule has 0 saturated carbocycles. The molecule has 1 aromatic rings. The molecule has 0 aromatic heterocycles. The van der Waals surface area contributed by atoms with E-state index in [0.717, 1.165) is 17.9 Å². The number of aromatic hydroxyl groups is 1. The zero-order chi connectivity index (χ0) is 14.8. The van der Waals surface area contributed by atoms with Crippen LogP contribution in [0.3, 0.4) is 0 Å². The Morgan fingerprint density at radius 1 is 1.42 bits per heavy atom. The zero-order valence-electron chi connectivity index (χ0n) is 11.6. The van der Waals surface area contributed by atoms with E-state index in [1.165, 1.54) is 0 Å². The van der Waals surface area contributed by atoms with Crippen molar-refractivity contribution in [2.75, 3.05) is 13.7 Å². The van der Waals surface area contributed by atoms with Crippen molar-refractivity contribution in [3.05, 3.63) is 23.3 Å². The number of aliphatic imine (C=N–C) groups is 1. The van der Waals surface area contributed by atoms with Gasteiger partial charge in [0.15, 0.2) is 0 Å². The SMILES string of the molecule is COc1cc(C)c(O)c(C=NCC(C)C)c1.[Cl][Zr][Cl]. The first-order valence-corrected chi connectivity index (χ1v) is 12.1. The molecule has 1 aromatic carbocycles. The van der Waals surface area contributed by atoms with E-state index in [4.69, 9.17) is 21.8 Å². The standard InChI is InChI=1S/C13H19NO2.2ClH.Zr/c1-9(2)7-14-8-11-6-12(16-4)5-10(3)13(11)15;;;/h5-6,8-9,15H,7H2,1-4H3;2*1H;/q;;;+2/p-2. The van der Waals surface area contributed by atoms with Gasteiger partial charge in [-0.15, -0.1) is 0 Å². The fourth-order valence-electron chi connectivity index (χ4n) is 1.35. The minimum absolute atomic E-state index is 0.272. The molecule has 6 heteroatoms. The summed E-state index contributed by atoms with van der Waals surface area (Å²) >= 11 is -0.826. The van der Waals surface area contributed by atoms with Gasteiger partial charge in [-0.2, -0.15) is 0 Å². The van der Waals surface area contributed by atoms with Gasteiger partial charge in [-0.3, -0.25) is 4.99 Å². The number of halogens is 2. The third kappa shape index (κ3) is 7.96. The van der Waals surface area contributed by atoms with Gasteiger partial charge in [0.25, 0.3) is 0 Å². The van der Waals surface area contributed by atoms with E-state index >= 15 is 0 Å².